The van der Waals surface area contributed by atoms with Crippen molar-refractivity contribution in [1.82, 2.24) is 4.57 Å². The van der Waals surface area contributed by atoms with Gasteiger partial charge in [0.25, 0.3) is 5.56 Å². The van der Waals surface area contributed by atoms with Crippen molar-refractivity contribution in [2.75, 3.05) is 12.4 Å². The first-order chi connectivity index (χ1) is 12.0. The number of amides is 1. The molecule has 1 aromatic heterocycles. The molecule has 0 bridgehead atoms. The molecule has 2 aromatic carbocycles. The summed E-state index contributed by atoms with van der Waals surface area (Å²) in [5.41, 5.74) is 1.09. The molecule has 3 aromatic rings. The number of carbonyl (C=O) groups is 1. The predicted molar refractivity (Wildman–Crippen MR) is 99.6 cm³/mol. The second-order valence-corrected chi connectivity index (χ2v) is 6.07. The van der Waals surface area contributed by atoms with Gasteiger partial charge < -0.3 is 14.6 Å². The average Bonchev–Trinajstić information content (AvgIpc) is 2.59. The summed E-state index contributed by atoms with van der Waals surface area (Å²) in [6.45, 7) is 1.74. The second-order valence-electron chi connectivity index (χ2n) is 5.66. The number of aryl methyl sites for hydroxylation is 1. The maximum absolute atomic E-state index is 12.6. The molecule has 0 saturated heterocycles. The van der Waals surface area contributed by atoms with Crippen molar-refractivity contribution in [3.8, 4) is 5.75 Å². The van der Waals surface area contributed by atoms with Crippen molar-refractivity contribution >= 4 is 34.0 Å². The maximum Gasteiger partial charge on any atom is 0.259 e. The van der Waals surface area contributed by atoms with Crippen LogP contribution < -0.4 is 15.6 Å². The highest BCUT2D eigenvalue weighted by Gasteiger charge is 2.11. The quantitative estimate of drug-likeness (QED) is 0.776. The zero-order chi connectivity index (χ0) is 18.0. The summed E-state index contributed by atoms with van der Waals surface area (Å²) in [6.07, 6.45) is 0. The van der Waals surface area contributed by atoms with Crippen LogP contribution in [0.4, 0.5) is 5.69 Å². The van der Waals surface area contributed by atoms with Gasteiger partial charge in [0.05, 0.1) is 12.1 Å². The van der Waals surface area contributed by atoms with E-state index in [-0.39, 0.29) is 18.0 Å². The molecule has 0 fully saturated rings. The third-order valence-electron chi connectivity index (χ3n) is 3.96. The summed E-state index contributed by atoms with van der Waals surface area (Å²) in [7, 11) is 1.52. The minimum atomic E-state index is -0.304. The molecular weight excluding hydrogens is 340 g/mol. The molecule has 1 heterocycles. The molecule has 0 saturated carbocycles. The Morgan fingerprint density at radius 3 is 2.68 bits per heavy atom. The number of halogens is 1. The number of hydrogen-bond donors (Lipinski definition) is 1. The number of aromatic nitrogens is 1. The van der Waals surface area contributed by atoms with Crippen molar-refractivity contribution in [3.05, 3.63) is 69.6 Å². The van der Waals surface area contributed by atoms with Gasteiger partial charge in [0.15, 0.2) is 0 Å². The summed E-state index contributed by atoms with van der Waals surface area (Å²) in [5.74, 6) is 0.225. The van der Waals surface area contributed by atoms with Crippen LogP contribution in [-0.2, 0) is 11.3 Å². The monoisotopic (exact) mass is 356 g/mol. The average molecular weight is 357 g/mol. The molecule has 0 radical (unpaired) electrons. The summed E-state index contributed by atoms with van der Waals surface area (Å²) >= 11 is 6.06. The molecule has 5 nitrogen and oxygen atoms in total. The third-order valence-corrected chi connectivity index (χ3v) is 4.26. The lowest BCUT2D eigenvalue weighted by molar-refractivity contribution is -0.116. The van der Waals surface area contributed by atoms with Gasteiger partial charge in [-0.1, -0.05) is 29.8 Å². The van der Waals surface area contributed by atoms with Gasteiger partial charge >= 0.3 is 0 Å². The van der Waals surface area contributed by atoms with Gasteiger partial charge in [0.1, 0.15) is 12.3 Å². The van der Waals surface area contributed by atoms with Crippen LogP contribution in [0.3, 0.4) is 0 Å². The summed E-state index contributed by atoms with van der Waals surface area (Å²) < 4.78 is 6.54. The lowest BCUT2D eigenvalue weighted by atomic mass is 10.1. The number of ether oxygens (including phenoxy) is 1. The molecule has 128 valence electrons. The number of rotatable bonds is 4. The highest BCUT2D eigenvalue weighted by molar-refractivity contribution is 6.32. The topological polar surface area (TPSA) is 60.3 Å². The van der Waals surface area contributed by atoms with Gasteiger partial charge in [0.2, 0.25) is 5.91 Å². The number of nitrogens with one attached hydrogen (secondary N) is 1. The molecule has 3 rings (SSSR count). The van der Waals surface area contributed by atoms with Crippen LogP contribution in [0, 0.1) is 6.92 Å². The molecule has 25 heavy (non-hydrogen) atoms. The standard InChI is InChI=1S/C19H17ClN2O3/c1-12-9-13-5-3-4-6-15(13)19(24)22(12)11-18(23)21-14-7-8-17(25-2)16(20)10-14/h3-10H,11H2,1-2H3,(H,21,23). The number of anilines is 1. The molecule has 0 aliphatic rings. The van der Waals surface area contributed by atoms with Gasteiger partial charge in [-0.3, -0.25) is 9.59 Å². The lowest BCUT2D eigenvalue weighted by Crippen LogP contribution is -2.29. The van der Waals surface area contributed by atoms with Crippen LogP contribution in [0.1, 0.15) is 5.69 Å². The Balaban J connectivity index is 1.85. The lowest BCUT2D eigenvalue weighted by Gasteiger charge is -2.12. The third kappa shape index (κ3) is 3.51. The Morgan fingerprint density at radius 2 is 1.96 bits per heavy atom. The van der Waals surface area contributed by atoms with Gasteiger partial charge in [-0.25, -0.2) is 0 Å². The van der Waals surface area contributed by atoms with Crippen molar-refractivity contribution in [2.45, 2.75) is 13.5 Å². The Bertz CT molecular complexity index is 1010. The van der Waals surface area contributed by atoms with Crippen LogP contribution in [0.5, 0.6) is 5.75 Å². The summed E-state index contributed by atoms with van der Waals surface area (Å²) in [6, 6.07) is 14.2. The highest BCUT2D eigenvalue weighted by Crippen LogP contribution is 2.27. The fourth-order valence-corrected chi connectivity index (χ4v) is 2.97. The van der Waals surface area contributed by atoms with E-state index in [4.69, 9.17) is 16.3 Å². The SMILES string of the molecule is COc1ccc(NC(=O)Cn2c(C)cc3ccccc3c2=O)cc1Cl. The first-order valence-corrected chi connectivity index (χ1v) is 8.10. The molecule has 0 unspecified atom stereocenters. The molecule has 1 N–H and O–H groups in total. The van der Waals surface area contributed by atoms with E-state index in [1.807, 2.05) is 31.2 Å². The molecule has 0 atom stereocenters. The number of benzene rings is 2. The fraction of sp³-hybridized carbons (Fsp3) is 0.158. The molecule has 0 aliphatic carbocycles. The zero-order valence-corrected chi connectivity index (χ0v) is 14.6. The van der Waals surface area contributed by atoms with Gasteiger partial charge in [-0.15, -0.1) is 0 Å². The first kappa shape index (κ1) is 17.0. The van der Waals surface area contributed by atoms with Crippen molar-refractivity contribution in [3.63, 3.8) is 0 Å². The van der Waals surface area contributed by atoms with Crippen molar-refractivity contribution in [2.24, 2.45) is 0 Å². The van der Waals surface area contributed by atoms with E-state index in [1.54, 1.807) is 24.3 Å². The van der Waals surface area contributed by atoms with E-state index in [0.717, 1.165) is 11.1 Å². The Kier molecular flexibility index (Phi) is 4.76. The van der Waals surface area contributed by atoms with Crippen LogP contribution in [-0.4, -0.2) is 17.6 Å². The Morgan fingerprint density at radius 1 is 1.20 bits per heavy atom. The Hall–Kier alpha value is -2.79. The minimum absolute atomic E-state index is 0.0703. The van der Waals surface area contributed by atoms with E-state index in [2.05, 4.69) is 5.32 Å². The number of carbonyl (C=O) groups excluding carboxylic acids is 1. The molecule has 6 heteroatoms. The largest absolute Gasteiger partial charge is 0.495 e. The number of fused-ring (bicyclic) bond motifs is 1. The van der Waals surface area contributed by atoms with Gasteiger partial charge in [-0.2, -0.15) is 0 Å². The van der Waals surface area contributed by atoms with Crippen LogP contribution in [0.15, 0.2) is 53.3 Å². The van der Waals surface area contributed by atoms with Crippen LogP contribution in [0.25, 0.3) is 10.8 Å². The van der Waals surface area contributed by atoms with Gasteiger partial charge in [0, 0.05) is 16.8 Å². The number of hydrogen-bond acceptors (Lipinski definition) is 3. The van der Waals surface area contributed by atoms with Crippen molar-refractivity contribution in [1.29, 1.82) is 0 Å². The normalized spacial score (nSPS) is 10.7. The van der Waals surface area contributed by atoms with Crippen LogP contribution in [0.2, 0.25) is 5.02 Å². The Labute approximate surface area is 149 Å². The summed E-state index contributed by atoms with van der Waals surface area (Å²) in [5, 5.41) is 4.60. The molecular formula is C19H17ClN2O3. The van der Waals surface area contributed by atoms with E-state index >= 15 is 0 Å². The molecule has 0 aliphatic heterocycles. The van der Waals surface area contributed by atoms with E-state index in [9.17, 15) is 9.59 Å². The number of methoxy groups -OCH3 is 1. The maximum atomic E-state index is 12.6. The van der Waals surface area contributed by atoms with Crippen LogP contribution >= 0.6 is 11.6 Å². The summed E-state index contributed by atoms with van der Waals surface area (Å²) in [4.78, 5) is 25.0. The zero-order valence-electron chi connectivity index (χ0n) is 13.9. The van der Waals surface area contributed by atoms with Gasteiger partial charge in [-0.05, 0) is 42.6 Å². The smallest absolute Gasteiger partial charge is 0.259 e. The van der Waals surface area contributed by atoms with Crippen molar-refractivity contribution < 1.29 is 9.53 Å². The second kappa shape index (κ2) is 6.99. The number of pyridine rings is 1. The number of nitrogens with zero attached hydrogens (tertiary/aromatic N) is 1. The minimum Gasteiger partial charge on any atom is -0.495 e. The van der Waals surface area contributed by atoms with E-state index in [1.165, 1.54) is 11.7 Å². The highest BCUT2D eigenvalue weighted by atomic mass is 35.5. The molecule has 1 amide bonds. The predicted octanol–water partition coefficient (Wildman–Crippen LogP) is 3.61. The van der Waals surface area contributed by atoms with E-state index < -0.39 is 0 Å². The van der Waals surface area contributed by atoms with E-state index in [0.29, 0.717) is 21.8 Å². The fourth-order valence-electron chi connectivity index (χ4n) is 2.71. The first-order valence-electron chi connectivity index (χ1n) is 7.72. The molecule has 0 spiro atoms.